The SMILES string of the molecule is Cc1cnn(Cc2nc3c4cnn(-c5ccccc5)c4ncn3n2)c1. The van der Waals surface area contributed by atoms with E-state index in [2.05, 4.69) is 25.3 Å². The smallest absolute Gasteiger partial charge is 0.173 e. The molecule has 122 valence electrons. The monoisotopic (exact) mass is 330 g/mol. The highest BCUT2D eigenvalue weighted by Gasteiger charge is 2.13. The number of aryl methyl sites for hydroxylation is 1. The summed E-state index contributed by atoms with van der Waals surface area (Å²) >= 11 is 0. The minimum Gasteiger partial charge on any atom is -0.265 e. The van der Waals surface area contributed by atoms with Gasteiger partial charge in [-0.2, -0.15) is 10.2 Å². The van der Waals surface area contributed by atoms with Gasteiger partial charge < -0.3 is 0 Å². The van der Waals surface area contributed by atoms with E-state index in [0.29, 0.717) is 12.4 Å². The Morgan fingerprint density at radius 3 is 2.68 bits per heavy atom. The van der Waals surface area contributed by atoms with Gasteiger partial charge in [0.2, 0.25) is 0 Å². The van der Waals surface area contributed by atoms with Gasteiger partial charge in [-0.3, -0.25) is 4.68 Å². The molecule has 0 amide bonds. The first kappa shape index (κ1) is 13.8. The molecule has 0 aliphatic carbocycles. The third-order valence-electron chi connectivity index (χ3n) is 4.02. The first-order valence-corrected chi connectivity index (χ1v) is 7.90. The van der Waals surface area contributed by atoms with Crippen LogP contribution in [0.25, 0.3) is 22.4 Å². The van der Waals surface area contributed by atoms with Gasteiger partial charge in [0.25, 0.3) is 0 Å². The van der Waals surface area contributed by atoms with E-state index in [9.17, 15) is 0 Å². The maximum absolute atomic E-state index is 4.65. The fourth-order valence-electron chi connectivity index (χ4n) is 2.89. The second-order valence-corrected chi connectivity index (χ2v) is 5.89. The maximum atomic E-state index is 4.65. The maximum Gasteiger partial charge on any atom is 0.173 e. The van der Waals surface area contributed by atoms with E-state index in [0.717, 1.165) is 27.9 Å². The van der Waals surface area contributed by atoms with E-state index < -0.39 is 0 Å². The van der Waals surface area contributed by atoms with Crippen molar-refractivity contribution in [2.24, 2.45) is 0 Å². The van der Waals surface area contributed by atoms with Crippen LogP contribution < -0.4 is 0 Å². The van der Waals surface area contributed by atoms with Crippen molar-refractivity contribution in [3.8, 4) is 5.69 Å². The Labute approximate surface area is 142 Å². The Morgan fingerprint density at radius 1 is 1.00 bits per heavy atom. The summed E-state index contributed by atoms with van der Waals surface area (Å²) in [5.41, 5.74) is 3.57. The van der Waals surface area contributed by atoms with Crippen LogP contribution in [0.2, 0.25) is 0 Å². The number of rotatable bonds is 3. The molecule has 0 atom stereocenters. The van der Waals surface area contributed by atoms with E-state index >= 15 is 0 Å². The highest BCUT2D eigenvalue weighted by Crippen LogP contribution is 2.19. The Kier molecular flexibility index (Phi) is 2.90. The molecule has 0 aliphatic heterocycles. The van der Waals surface area contributed by atoms with Gasteiger partial charge in [-0.15, -0.1) is 5.10 Å². The number of nitrogens with zero attached hydrogens (tertiary/aromatic N) is 8. The zero-order valence-electron chi connectivity index (χ0n) is 13.5. The molecule has 5 rings (SSSR count). The van der Waals surface area contributed by atoms with Gasteiger partial charge in [-0.05, 0) is 24.6 Å². The highest BCUT2D eigenvalue weighted by molar-refractivity contribution is 5.89. The van der Waals surface area contributed by atoms with Crippen LogP contribution >= 0.6 is 0 Å². The van der Waals surface area contributed by atoms with Crippen LogP contribution in [0.1, 0.15) is 11.4 Å². The molecule has 1 aromatic carbocycles. The topological polar surface area (TPSA) is 78.7 Å². The second-order valence-electron chi connectivity index (χ2n) is 5.89. The molecule has 0 N–H and O–H groups in total. The highest BCUT2D eigenvalue weighted by atomic mass is 15.4. The van der Waals surface area contributed by atoms with E-state index in [1.54, 1.807) is 21.7 Å². The molecule has 25 heavy (non-hydrogen) atoms. The minimum absolute atomic E-state index is 0.518. The summed E-state index contributed by atoms with van der Waals surface area (Å²) in [7, 11) is 0. The fraction of sp³-hybridized carbons (Fsp3) is 0.118. The summed E-state index contributed by atoms with van der Waals surface area (Å²) in [6, 6.07) is 9.91. The summed E-state index contributed by atoms with van der Waals surface area (Å²) in [5.74, 6) is 0.685. The van der Waals surface area contributed by atoms with Gasteiger partial charge in [-0.25, -0.2) is 19.2 Å². The van der Waals surface area contributed by atoms with Gasteiger partial charge in [-0.1, -0.05) is 18.2 Å². The number of hydrogen-bond donors (Lipinski definition) is 0. The zero-order chi connectivity index (χ0) is 16.8. The Morgan fingerprint density at radius 2 is 1.88 bits per heavy atom. The van der Waals surface area contributed by atoms with Crippen LogP contribution in [0, 0.1) is 6.92 Å². The summed E-state index contributed by atoms with van der Waals surface area (Å²) in [6.07, 6.45) is 7.23. The molecule has 0 radical (unpaired) electrons. The van der Waals surface area contributed by atoms with E-state index in [-0.39, 0.29) is 0 Å². The lowest BCUT2D eigenvalue weighted by atomic mass is 10.3. The van der Waals surface area contributed by atoms with Crippen LogP contribution in [0.4, 0.5) is 0 Å². The number of para-hydroxylation sites is 1. The lowest BCUT2D eigenvalue weighted by Crippen LogP contribution is -2.02. The summed E-state index contributed by atoms with van der Waals surface area (Å²) < 4.78 is 5.31. The van der Waals surface area contributed by atoms with E-state index in [4.69, 9.17) is 0 Å². The molecular formula is C17H14N8. The number of fused-ring (bicyclic) bond motifs is 3. The molecule has 0 bridgehead atoms. The Bertz CT molecular complexity index is 1180. The largest absolute Gasteiger partial charge is 0.265 e. The third-order valence-corrected chi connectivity index (χ3v) is 4.02. The zero-order valence-corrected chi connectivity index (χ0v) is 13.5. The standard InChI is InChI=1S/C17H14N8/c1-12-7-19-23(9-12)10-15-21-17-14-8-20-25(13-5-3-2-4-6-13)16(14)18-11-24(17)22-15/h2-9,11H,10H2,1H3. The molecule has 8 nitrogen and oxygen atoms in total. The molecule has 8 heteroatoms. The van der Waals surface area contributed by atoms with Gasteiger partial charge in [0.15, 0.2) is 17.1 Å². The van der Waals surface area contributed by atoms with Crippen molar-refractivity contribution in [3.05, 3.63) is 66.6 Å². The number of benzene rings is 1. The molecular weight excluding hydrogens is 316 g/mol. The number of hydrogen-bond acceptors (Lipinski definition) is 5. The van der Waals surface area contributed by atoms with Gasteiger partial charge in [0, 0.05) is 6.20 Å². The van der Waals surface area contributed by atoms with Crippen molar-refractivity contribution in [2.75, 3.05) is 0 Å². The van der Waals surface area contributed by atoms with Crippen molar-refractivity contribution < 1.29 is 0 Å². The average molecular weight is 330 g/mol. The van der Waals surface area contributed by atoms with Crippen LogP contribution in [0.5, 0.6) is 0 Å². The van der Waals surface area contributed by atoms with Crippen LogP contribution in [-0.2, 0) is 6.54 Å². The molecule has 4 heterocycles. The van der Waals surface area contributed by atoms with Crippen molar-refractivity contribution >= 4 is 16.7 Å². The number of aromatic nitrogens is 8. The average Bonchev–Trinajstić information content (AvgIpc) is 3.33. The fourth-order valence-corrected chi connectivity index (χ4v) is 2.89. The molecule has 0 spiro atoms. The molecule has 0 saturated heterocycles. The summed E-state index contributed by atoms with van der Waals surface area (Å²) in [4.78, 5) is 9.16. The molecule has 0 saturated carbocycles. The predicted molar refractivity (Wildman–Crippen MR) is 91.5 cm³/mol. The van der Waals surface area contributed by atoms with Crippen LogP contribution in [0.15, 0.2) is 55.2 Å². The quantitative estimate of drug-likeness (QED) is 0.506. The first-order valence-electron chi connectivity index (χ1n) is 7.90. The third kappa shape index (κ3) is 2.26. The molecule has 0 fully saturated rings. The van der Waals surface area contributed by atoms with Crippen molar-refractivity contribution in [2.45, 2.75) is 13.5 Å². The summed E-state index contributed by atoms with van der Waals surface area (Å²) in [6.45, 7) is 2.52. The normalized spacial score (nSPS) is 11.6. The lowest BCUT2D eigenvalue weighted by Gasteiger charge is -2.01. The Hall–Kier alpha value is -3.55. The molecule has 0 unspecified atom stereocenters. The van der Waals surface area contributed by atoms with E-state index in [1.165, 1.54) is 0 Å². The van der Waals surface area contributed by atoms with Crippen molar-refractivity contribution in [1.82, 2.24) is 39.1 Å². The van der Waals surface area contributed by atoms with E-state index in [1.807, 2.05) is 54.3 Å². The first-order chi connectivity index (χ1) is 12.3. The van der Waals surface area contributed by atoms with Gasteiger partial charge in [0.05, 0.1) is 23.5 Å². The lowest BCUT2D eigenvalue weighted by molar-refractivity contribution is 0.653. The predicted octanol–water partition coefficient (Wildman–Crippen LogP) is 2.02. The van der Waals surface area contributed by atoms with Gasteiger partial charge >= 0.3 is 0 Å². The van der Waals surface area contributed by atoms with Crippen LogP contribution in [-0.4, -0.2) is 39.1 Å². The van der Waals surface area contributed by atoms with Crippen LogP contribution in [0.3, 0.4) is 0 Å². The van der Waals surface area contributed by atoms with Crippen molar-refractivity contribution in [3.63, 3.8) is 0 Å². The Balaban J connectivity index is 1.62. The molecule has 5 aromatic rings. The second kappa shape index (κ2) is 5.23. The molecule has 4 aromatic heterocycles. The molecule has 0 aliphatic rings. The van der Waals surface area contributed by atoms with Crippen molar-refractivity contribution in [1.29, 1.82) is 0 Å². The summed E-state index contributed by atoms with van der Waals surface area (Å²) in [5, 5.41) is 14.1. The van der Waals surface area contributed by atoms with Gasteiger partial charge in [0.1, 0.15) is 12.9 Å². The minimum atomic E-state index is 0.518.